The summed E-state index contributed by atoms with van der Waals surface area (Å²) in [5, 5.41) is 23.2. The highest BCUT2D eigenvalue weighted by molar-refractivity contribution is 7.98. The number of thioether (sulfide) groups is 1. The van der Waals surface area contributed by atoms with Crippen molar-refractivity contribution in [1.29, 1.82) is 0 Å². The summed E-state index contributed by atoms with van der Waals surface area (Å²) < 4.78 is 1.71. The van der Waals surface area contributed by atoms with Gasteiger partial charge in [0.25, 0.3) is 5.69 Å². The molecule has 0 aliphatic carbocycles. The maximum Gasteiger partial charge on any atom is 0.273 e. The second-order valence-electron chi connectivity index (χ2n) is 4.66. The summed E-state index contributed by atoms with van der Waals surface area (Å²) in [6.45, 7) is 1.50. The van der Waals surface area contributed by atoms with Gasteiger partial charge in [-0.05, 0) is 24.5 Å². The third kappa shape index (κ3) is 4.23. The molecule has 2 rings (SSSR count). The minimum atomic E-state index is -0.370. The van der Waals surface area contributed by atoms with E-state index in [2.05, 4.69) is 15.5 Å². The van der Waals surface area contributed by atoms with Gasteiger partial charge >= 0.3 is 0 Å². The minimum absolute atomic E-state index is 0.123. The molecule has 0 unspecified atom stereocenters. The zero-order valence-electron chi connectivity index (χ0n) is 11.8. The van der Waals surface area contributed by atoms with Crippen LogP contribution in [-0.2, 0) is 12.3 Å². The zero-order valence-corrected chi connectivity index (χ0v) is 12.7. The summed E-state index contributed by atoms with van der Waals surface area (Å²) in [4.78, 5) is 12.6. The van der Waals surface area contributed by atoms with E-state index in [9.17, 15) is 10.1 Å². The maximum absolute atomic E-state index is 11.0. The fourth-order valence-corrected chi connectivity index (χ4v) is 2.59. The van der Waals surface area contributed by atoms with Crippen LogP contribution in [0.1, 0.15) is 5.56 Å². The van der Waals surface area contributed by atoms with Crippen LogP contribution in [0.3, 0.4) is 0 Å². The molecule has 0 bridgehead atoms. The van der Waals surface area contributed by atoms with Crippen LogP contribution in [-0.4, -0.2) is 50.7 Å². The van der Waals surface area contributed by atoms with Crippen LogP contribution in [0.5, 0.6) is 0 Å². The Kier molecular flexibility index (Phi) is 5.23. The van der Waals surface area contributed by atoms with E-state index in [1.165, 1.54) is 17.8 Å². The smallest absolute Gasteiger partial charge is 0.273 e. The molecule has 112 valence electrons. The first kappa shape index (κ1) is 15.4. The van der Waals surface area contributed by atoms with Crippen molar-refractivity contribution in [2.45, 2.75) is 17.5 Å². The first-order valence-corrected chi connectivity index (χ1v) is 7.32. The van der Waals surface area contributed by atoms with Crippen LogP contribution in [0.15, 0.2) is 29.4 Å². The number of nitrogens with zero attached hydrogens (tertiary/aromatic N) is 6. The number of aromatic nitrogens is 4. The Labute approximate surface area is 126 Å². The van der Waals surface area contributed by atoms with Gasteiger partial charge in [-0.2, -0.15) is 0 Å². The second kappa shape index (κ2) is 7.14. The van der Waals surface area contributed by atoms with Crippen molar-refractivity contribution in [2.24, 2.45) is 0 Å². The quantitative estimate of drug-likeness (QED) is 0.434. The van der Waals surface area contributed by atoms with Gasteiger partial charge in [-0.15, -0.1) is 5.10 Å². The first-order chi connectivity index (χ1) is 10.1. The molecule has 0 aliphatic rings. The number of para-hydroxylation sites is 1. The molecular formula is C12H16N6O2S. The van der Waals surface area contributed by atoms with Gasteiger partial charge in [0.1, 0.15) is 0 Å². The highest BCUT2D eigenvalue weighted by atomic mass is 32.2. The lowest BCUT2D eigenvalue weighted by molar-refractivity contribution is -0.385. The molecule has 2 aromatic rings. The first-order valence-electron chi connectivity index (χ1n) is 6.34. The van der Waals surface area contributed by atoms with Crippen LogP contribution in [0, 0.1) is 10.1 Å². The molecule has 0 N–H and O–H groups in total. The number of rotatable bonds is 7. The summed E-state index contributed by atoms with van der Waals surface area (Å²) in [6.07, 6.45) is 0. The Bertz CT molecular complexity index is 615. The Morgan fingerprint density at radius 2 is 2.14 bits per heavy atom. The highest BCUT2D eigenvalue weighted by Crippen LogP contribution is 2.26. The van der Waals surface area contributed by atoms with Gasteiger partial charge in [-0.3, -0.25) is 10.1 Å². The third-order valence-electron chi connectivity index (χ3n) is 2.80. The number of nitro groups is 1. The van der Waals surface area contributed by atoms with Crippen LogP contribution in [0.2, 0.25) is 0 Å². The van der Waals surface area contributed by atoms with Crippen molar-refractivity contribution in [3.05, 3.63) is 39.9 Å². The fraction of sp³-hybridized carbons (Fsp3) is 0.417. The van der Waals surface area contributed by atoms with Crippen molar-refractivity contribution >= 4 is 17.4 Å². The Balaban J connectivity index is 2.04. The average molecular weight is 308 g/mol. The molecule has 0 amide bonds. The van der Waals surface area contributed by atoms with E-state index >= 15 is 0 Å². The van der Waals surface area contributed by atoms with Crippen molar-refractivity contribution in [2.75, 3.05) is 20.6 Å². The van der Waals surface area contributed by atoms with Gasteiger partial charge < -0.3 is 4.90 Å². The monoisotopic (exact) mass is 308 g/mol. The topological polar surface area (TPSA) is 90.0 Å². The van der Waals surface area contributed by atoms with E-state index in [4.69, 9.17) is 0 Å². The molecule has 0 saturated carbocycles. The molecule has 0 radical (unpaired) electrons. The molecule has 1 heterocycles. The number of hydrogen-bond donors (Lipinski definition) is 0. The van der Waals surface area contributed by atoms with E-state index in [1.807, 2.05) is 19.0 Å². The van der Waals surface area contributed by atoms with Crippen LogP contribution in [0.25, 0.3) is 0 Å². The summed E-state index contributed by atoms with van der Waals surface area (Å²) in [5.41, 5.74) is 0.784. The van der Waals surface area contributed by atoms with E-state index in [-0.39, 0.29) is 10.6 Å². The molecule has 0 aliphatic heterocycles. The van der Waals surface area contributed by atoms with E-state index < -0.39 is 0 Å². The molecule has 0 fully saturated rings. The van der Waals surface area contributed by atoms with Gasteiger partial charge in [0.15, 0.2) is 0 Å². The number of benzene rings is 1. The van der Waals surface area contributed by atoms with Crippen LogP contribution in [0.4, 0.5) is 5.69 Å². The number of hydrogen-bond acceptors (Lipinski definition) is 7. The van der Waals surface area contributed by atoms with Gasteiger partial charge in [0.05, 0.1) is 11.5 Å². The molecule has 1 aromatic heterocycles. The molecule has 9 heteroatoms. The molecule has 21 heavy (non-hydrogen) atoms. The van der Waals surface area contributed by atoms with Crippen molar-refractivity contribution in [1.82, 2.24) is 25.1 Å². The highest BCUT2D eigenvalue weighted by Gasteiger charge is 2.14. The summed E-state index contributed by atoms with van der Waals surface area (Å²) in [6, 6.07) is 6.70. The van der Waals surface area contributed by atoms with Crippen LogP contribution >= 0.6 is 11.8 Å². The zero-order chi connectivity index (χ0) is 15.2. The average Bonchev–Trinajstić information content (AvgIpc) is 2.90. The number of likely N-dealkylation sites (N-methyl/N-ethyl adjacent to an activating group) is 1. The Morgan fingerprint density at radius 3 is 2.86 bits per heavy atom. The van der Waals surface area contributed by atoms with Crippen molar-refractivity contribution < 1.29 is 4.92 Å². The third-order valence-corrected chi connectivity index (χ3v) is 3.81. The van der Waals surface area contributed by atoms with E-state index in [0.717, 1.165) is 6.54 Å². The number of nitro benzene ring substituents is 1. The normalized spacial score (nSPS) is 11.0. The number of tetrazole rings is 1. The standard InChI is InChI=1S/C12H16N6O2S/c1-16(2)7-8-17-12(13-14-15-17)21-9-10-5-3-4-6-11(10)18(19)20/h3-6H,7-9H2,1-2H3. The lowest BCUT2D eigenvalue weighted by Crippen LogP contribution is -2.19. The van der Waals surface area contributed by atoms with E-state index in [1.54, 1.807) is 22.9 Å². The lowest BCUT2D eigenvalue weighted by atomic mass is 10.2. The summed E-state index contributed by atoms with van der Waals surface area (Å²) in [7, 11) is 3.95. The molecule has 0 atom stereocenters. The van der Waals surface area contributed by atoms with Gasteiger partial charge in [-0.25, -0.2) is 4.68 Å². The molecular weight excluding hydrogens is 292 g/mol. The molecule has 1 aromatic carbocycles. The molecule has 8 nitrogen and oxygen atoms in total. The predicted octanol–water partition coefficient (Wildman–Crippen LogP) is 1.44. The Morgan fingerprint density at radius 1 is 1.38 bits per heavy atom. The molecule has 0 spiro atoms. The minimum Gasteiger partial charge on any atom is -0.308 e. The van der Waals surface area contributed by atoms with Gasteiger partial charge in [0.2, 0.25) is 5.16 Å². The van der Waals surface area contributed by atoms with Gasteiger partial charge in [0, 0.05) is 23.9 Å². The second-order valence-corrected chi connectivity index (χ2v) is 5.60. The molecule has 0 saturated heterocycles. The van der Waals surface area contributed by atoms with Gasteiger partial charge in [-0.1, -0.05) is 30.0 Å². The fourth-order valence-electron chi connectivity index (χ4n) is 1.69. The van der Waals surface area contributed by atoms with E-state index in [0.29, 0.717) is 23.0 Å². The SMILES string of the molecule is CN(C)CCn1nnnc1SCc1ccccc1[N+](=O)[O-]. The maximum atomic E-state index is 11.0. The van der Waals surface area contributed by atoms with Crippen LogP contribution < -0.4 is 0 Å². The lowest BCUT2D eigenvalue weighted by Gasteiger charge is -2.09. The van der Waals surface area contributed by atoms with Crippen molar-refractivity contribution in [3.63, 3.8) is 0 Å². The predicted molar refractivity (Wildman–Crippen MR) is 79.0 cm³/mol. The van der Waals surface area contributed by atoms with Crippen molar-refractivity contribution in [3.8, 4) is 0 Å². The summed E-state index contributed by atoms with van der Waals surface area (Å²) >= 11 is 1.39. The summed E-state index contributed by atoms with van der Waals surface area (Å²) in [5.74, 6) is 0.458. The Hall–Kier alpha value is -2.00. The largest absolute Gasteiger partial charge is 0.308 e.